The predicted molar refractivity (Wildman–Crippen MR) is 78.9 cm³/mol. The normalized spacial score (nSPS) is 30.0. The van der Waals surface area contributed by atoms with Gasteiger partial charge in [0.2, 0.25) is 0 Å². The quantitative estimate of drug-likeness (QED) is 0.741. The van der Waals surface area contributed by atoms with Gasteiger partial charge in [-0.1, -0.05) is 0 Å². The number of nitrogens with zero attached hydrogens (tertiary/aromatic N) is 2. The van der Waals surface area contributed by atoms with E-state index in [1.807, 2.05) is 0 Å². The Morgan fingerprint density at radius 2 is 2.20 bits per heavy atom. The van der Waals surface area contributed by atoms with Crippen LogP contribution in [-0.2, 0) is 9.47 Å². The maximum atomic E-state index is 10.1. The maximum absolute atomic E-state index is 10.1. The largest absolute Gasteiger partial charge is 0.389 e. The molecule has 0 aromatic rings. The molecule has 0 spiro atoms. The molecule has 0 aromatic carbocycles. The first-order valence-corrected chi connectivity index (χ1v) is 7.91. The molecule has 2 saturated heterocycles. The van der Waals surface area contributed by atoms with Gasteiger partial charge in [0.25, 0.3) is 0 Å². The zero-order valence-electron chi connectivity index (χ0n) is 13.0. The number of ether oxygens (including phenoxy) is 2. The van der Waals surface area contributed by atoms with Gasteiger partial charge in [0, 0.05) is 25.7 Å². The van der Waals surface area contributed by atoms with Gasteiger partial charge in [-0.15, -0.1) is 0 Å². The highest BCUT2D eigenvalue weighted by Gasteiger charge is 2.23. The number of rotatable bonds is 7. The average Bonchev–Trinajstić information content (AvgIpc) is 2.92. The van der Waals surface area contributed by atoms with Gasteiger partial charge in [-0.2, -0.15) is 0 Å². The van der Waals surface area contributed by atoms with E-state index in [0.29, 0.717) is 19.3 Å². The smallest absolute Gasteiger partial charge is 0.0900 e. The molecule has 0 aliphatic carbocycles. The van der Waals surface area contributed by atoms with Crippen molar-refractivity contribution in [2.24, 2.45) is 0 Å². The molecule has 3 atom stereocenters. The van der Waals surface area contributed by atoms with Crippen molar-refractivity contribution in [1.29, 1.82) is 0 Å². The Morgan fingerprint density at radius 1 is 1.35 bits per heavy atom. The van der Waals surface area contributed by atoms with Gasteiger partial charge in [0.05, 0.1) is 25.4 Å². The molecule has 2 aliphatic rings. The molecule has 2 heterocycles. The van der Waals surface area contributed by atoms with Crippen LogP contribution in [0.4, 0.5) is 0 Å². The third-order valence-electron chi connectivity index (χ3n) is 4.32. The number of aliphatic hydroxyl groups is 1. The van der Waals surface area contributed by atoms with E-state index in [1.165, 1.54) is 12.8 Å². The lowest BCUT2D eigenvalue weighted by Crippen LogP contribution is -2.48. The first kappa shape index (κ1) is 16.2. The van der Waals surface area contributed by atoms with E-state index >= 15 is 0 Å². The summed E-state index contributed by atoms with van der Waals surface area (Å²) in [6.07, 6.45) is 4.55. The summed E-state index contributed by atoms with van der Waals surface area (Å²) in [4.78, 5) is 4.64. The molecule has 0 amide bonds. The fourth-order valence-electron chi connectivity index (χ4n) is 3.08. The fraction of sp³-hybridized carbons (Fsp3) is 1.00. The minimum absolute atomic E-state index is 0.246. The molecule has 0 aromatic heterocycles. The summed E-state index contributed by atoms with van der Waals surface area (Å²) in [5.41, 5.74) is 0. The second-order valence-corrected chi connectivity index (χ2v) is 6.35. The Kier molecular flexibility index (Phi) is 6.71. The third-order valence-corrected chi connectivity index (χ3v) is 4.32. The highest BCUT2D eigenvalue weighted by atomic mass is 16.5. The van der Waals surface area contributed by atoms with E-state index in [4.69, 9.17) is 9.47 Å². The molecular weight excluding hydrogens is 256 g/mol. The standard InChI is InChI=1S/C15H30N2O3/c1-16(2)13-5-3-7-17(9-13)10-14(18)11-19-12-15-6-4-8-20-15/h13-15,18H,3-12H2,1-2H3. The van der Waals surface area contributed by atoms with Gasteiger partial charge < -0.3 is 19.5 Å². The molecule has 2 fully saturated rings. The van der Waals surface area contributed by atoms with Crippen molar-refractivity contribution in [3.05, 3.63) is 0 Å². The van der Waals surface area contributed by atoms with Crippen LogP contribution in [0.15, 0.2) is 0 Å². The molecule has 0 saturated carbocycles. The molecule has 5 heteroatoms. The molecule has 0 radical (unpaired) electrons. The van der Waals surface area contributed by atoms with Crippen LogP contribution in [0.5, 0.6) is 0 Å². The Morgan fingerprint density at radius 3 is 2.90 bits per heavy atom. The number of hydrogen-bond donors (Lipinski definition) is 1. The summed E-state index contributed by atoms with van der Waals surface area (Å²) in [5.74, 6) is 0. The zero-order valence-corrected chi connectivity index (χ0v) is 13.0. The summed E-state index contributed by atoms with van der Waals surface area (Å²) in [6, 6.07) is 0.615. The summed E-state index contributed by atoms with van der Waals surface area (Å²) < 4.78 is 11.1. The first-order valence-electron chi connectivity index (χ1n) is 7.91. The van der Waals surface area contributed by atoms with E-state index in [2.05, 4.69) is 23.9 Å². The summed E-state index contributed by atoms with van der Waals surface area (Å²) in [5, 5.41) is 10.1. The Balaban J connectivity index is 1.59. The Labute approximate surface area is 122 Å². The van der Waals surface area contributed by atoms with Crippen molar-refractivity contribution < 1.29 is 14.6 Å². The summed E-state index contributed by atoms with van der Waals surface area (Å²) >= 11 is 0. The first-order chi connectivity index (χ1) is 9.65. The van der Waals surface area contributed by atoms with E-state index in [9.17, 15) is 5.11 Å². The number of likely N-dealkylation sites (N-methyl/N-ethyl adjacent to an activating group) is 1. The molecule has 118 valence electrons. The van der Waals surface area contributed by atoms with Crippen LogP contribution in [0, 0.1) is 0 Å². The summed E-state index contributed by atoms with van der Waals surface area (Å²) in [7, 11) is 4.27. The van der Waals surface area contributed by atoms with Gasteiger partial charge in [0.1, 0.15) is 0 Å². The van der Waals surface area contributed by atoms with E-state index in [1.54, 1.807) is 0 Å². The number of hydrogen-bond acceptors (Lipinski definition) is 5. The number of likely N-dealkylation sites (tertiary alicyclic amines) is 1. The fourth-order valence-corrected chi connectivity index (χ4v) is 3.08. The van der Waals surface area contributed by atoms with Crippen molar-refractivity contribution in [3.8, 4) is 0 Å². The monoisotopic (exact) mass is 286 g/mol. The highest BCUT2D eigenvalue weighted by Crippen LogP contribution is 2.14. The van der Waals surface area contributed by atoms with E-state index in [-0.39, 0.29) is 6.10 Å². The van der Waals surface area contributed by atoms with Gasteiger partial charge >= 0.3 is 0 Å². The molecule has 5 nitrogen and oxygen atoms in total. The Hall–Kier alpha value is -0.200. The van der Waals surface area contributed by atoms with Crippen LogP contribution in [0.3, 0.4) is 0 Å². The number of β-amino-alcohol motifs (C(OH)–C–C–N with tert-alkyl or cyclic N) is 1. The lowest BCUT2D eigenvalue weighted by molar-refractivity contribution is -0.0287. The van der Waals surface area contributed by atoms with Gasteiger partial charge in [0.15, 0.2) is 0 Å². The van der Waals surface area contributed by atoms with Gasteiger partial charge in [-0.25, -0.2) is 0 Å². The van der Waals surface area contributed by atoms with Crippen LogP contribution in [0.25, 0.3) is 0 Å². The van der Waals surface area contributed by atoms with Crippen molar-refractivity contribution in [2.75, 3.05) is 53.6 Å². The Bertz CT molecular complexity index is 270. The molecule has 1 N–H and O–H groups in total. The molecule has 20 heavy (non-hydrogen) atoms. The lowest BCUT2D eigenvalue weighted by atomic mass is 10.0. The molecule has 3 unspecified atom stereocenters. The molecule has 2 rings (SSSR count). The second-order valence-electron chi connectivity index (χ2n) is 6.35. The SMILES string of the molecule is CN(C)C1CCCN(CC(O)COCC2CCCO2)C1. The van der Waals surface area contributed by atoms with Crippen LogP contribution in [-0.4, -0.2) is 86.7 Å². The van der Waals surface area contributed by atoms with Crippen LogP contribution in [0.2, 0.25) is 0 Å². The molecule has 2 aliphatic heterocycles. The van der Waals surface area contributed by atoms with Crippen molar-refractivity contribution >= 4 is 0 Å². The minimum atomic E-state index is -0.391. The molecular formula is C15H30N2O3. The van der Waals surface area contributed by atoms with Gasteiger partial charge in [-0.3, -0.25) is 4.90 Å². The van der Waals surface area contributed by atoms with Gasteiger partial charge in [-0.05, 0) is 46.3 Å². The van der Waals surface area contributed by atoms with Crippen LogP contribution >= 0.6 is 0 Å². The maximum Gasteiger partial charge on any atom is 0.0900 e. The van der Waals surface area contributed by atoms with Crippen molar-refractivity contribution in [3.63, 3.8) is 0 Å². The number of aliphatic hydroxyl groups excluding tert-OH is 1. The highest BCUT2D eigenvalue weighted by molar-refractivity contribution is 4.79. The van der Waals surface area contributed by atoms with Crippen LogP contribution < -0.4 is 0 Å². The van der Waals surface area contributed by atoms with E-state index in [0.717, 1.165) is 39.1 Å². The van der Waals surface area contributed by atoms with Crippen molar-refractivity contribution in [2.45, 2.75) is 43.9 Å². The average molecular weight is 286 g/mol. The number of piperidine rings is 1. The molecule has 0 bridgehead atoms. The predicted octanol–water partition coefficient (Wildman–Crippen LogP) is 0.569. The zero-order chi connectivity index (χ0) is 14.4. The lowest BCUT2D eigenvalue weighted by Gasteiger charge is -2.36. The second kappa shape index (κ2) is 8.29. The van der Waals surface area contributed by atoms with Crippen molar-refractivity contribution in [1.82, 2.24) is 9.80 Å². The summed E-state index contributed by atoms with van der Waals surface area (Å²) in [6.45, 7) is 4.76. The van der Waals surface area contributed by atoms with Crippen LogP contribution in [0.1, 0.15) is 25.7 Å². The third kappa shape index (κ3) is 5.30. The topological polar surface area (TPSA) is 45.2 Å². The van der Waals surface area contributed by atoms with E-state index < -0.39 is 6.10 Å². The minimum Gasteiger partial charge on any atom is -0.389 e.